The van der Waals surface area contributed by atoms with E-state index in [1.54, 1.807) is 0 Å². The Labute approximate surface area is 93.8 Å². The molecule has 1 fully saturated rings. The minimum atomic E-state index is -0.642. The summed E-state index contributed by atoms with van der Waals surface area (Å²) >= 11 is 0. The van der Waals surface area contributed by atoms with Gasteiger partial charge in [0.1, 0.15) is 6.73 Å². The van der Waals surface area contributed by atoms with Gasteiger partial charge in [0.2, 0.25) is 0 Å². The third-order valence-electron chi connectivity index (χ3n) is 2.76. The van der Waals surface area contributed by atoms with Crippen molar-refractivity contribution in [3.05, 3.63) is 29.8 Å². The van der Waals surface area contributed by atoms with Crippen LogP contribution in [-0.2, 0) is 0 Å². The lowest BCUT2D eigenvalue weighted by molar-refractivity contribution is 0.0995. The summed E-state index contributed by atoms with van der Waals surface area (Å²) in [5, 5.41) is 0. The van der Waals surface area contributed by atoms with Crippen LogP contribution in [0.1, 0.15) is 19.3 Å². The maximum Gasteiger partial charge on any atom is 0.192 e. The average Bonchev–Trinajstić information content (AvgIpc) is 2.30. The third-order valence-corrected chi connectivity index (χ3v) is 2.76. The summed E-state index contributed by atoms with van der Waals surface area (Å²) in [5.74, 6) is -1.55. The molecule has 0 radical (unpaired) electrons. The summed E-state index contributed by atoms with van der Waals surface area (Å²) in [5.41, 5.74) is 0. The highest BCUT2D eigenvalue weighted by molar-refractivity contribution is 5.25. The highest BCUT2D eigenvalue weighted by Crippen LogP contribution is 2.21. The molecule has 1 aliphatic heterocycles. The molecule has 1 saturated heterocycles. The molecule has 0 amide bonds. The number of para-hydroxylation sites is 1. The van der Waals surface area contributed by atoms with Crippen molar-refractivity contribution < 1.29 is 13.5 Å². The molecule has 0 N–H and O–H groups in total. The van der Waals surface area contributed by atoms with Gasteiger partial charge in [0, 0.05) is 13.1 Å². The Kier molecular flexibility index (Phi) is 3.72. The first-order chi connectivity index (χ1) is 7.77. The molecule has 0 aromatic heterocycles. The molecule has 1 aromatic carbocycles. The van der Waals surface area contributed by atoms with Gasteiger partial charge in [-0.05, 0) is 25.0 Å². The summed E-state index contributed by atoms with van der Waals surface area (Å²) in [4.78, 5) is 2.06. The van der Waals surface area contributed by atoms with Crippen LogP contribution in [0.15, 0.2) is 18.2 Å². The fourth-order valence-electron chi connectivity index (χ4n) is 1.86. The average molecular weight is 227 g/mol. The molecule has 16 heavy (non-hydrogen) atoms. The van der Waals surface area contributed by atoms with Crippen LogP contribution in [-0.4, -0.2) is 24.7 Å². The topological polar surface area (TPSA) is 12.5 Å². The number of rotatable bonds is 3. The van der Waals surface area contributed by atoms with Crippen LogP contribution in [0.4, 0.5) is 8.78 Å². The Morgan fingerprint density at radius 2 is 1.69 bits per heavy atom. The monoisotopic (exact) mass is 227 g/mol. The summed E-state index contributed by atoms with van der Waals surface area (Å²) < 4.78 is 31.6. The molecule has 0 atom stereocenters. The molecule has 2 rings (SSSR count). The Morgan fingerprint density at radius 3 is 2.31 bits per heavy atom. The standard InChI is InChI=1S/C12H15F2NO/c13-10-5-4-6-11(14)12(10)16-9-15-7-2-1-3-8-15/h4-6H,1-3,7-9H2. The summed E-state index contributed by atoms with van der Waals surface area (Å²) in [6, 6.07) is 3.74. The van der Waals surface area contributed by atoms with Gasteiger partial charge in [0.05, 0.1) is 0 Å². The molecule has 1 aliphatic rings. The van der Waals surface area contributed by atoms with Gasteiger partial charge in [0.25, 0.3) is 0 Å². The molecule has 88 valence electrons. The Bertz CT molecular complexity index is 331. The summed E-state index contributed by atoms with van der Waals surface area (Å²) in [6.07, 6.45) is 3.48. The normalized spacial score (nSPS) is 17.4. The van der Waals surface area contributed by atoms with Gasteiger partial charge >= 0.3 is 0 Å². The fourth-order valence-corrected chi connectivity index (χ4v) is 1.86. The van der Waals surface area contributed by atoms with Crippen molar-refractivity contribution in [3.8, 4) is 5.75 Å². The van der Waals surface area contributed by atoms with E-state index in [0.717, 1.165) is 25.9 Å². The number of benzene rings is 1. The third kappa shape index (κ3) is 2.70. The lowest BCUT2D eigenvalue weighted by Crippen LogP contribution is -2.33. The maximum absolute atomic E-state index is 13.2. The van der Waals surface area contributed by atoms with Gasteiger partial charge < -0.3 is 4.74 Å². The summed E-state index contributed by atoms with van der Waals surface area (Å²) in [7, 11) is 0. The van der Waals surface area contributed by atoms with Gasteiger partial charge in [-0.2, -0.15) is 0 Å². The van der Waals surface area contributed by atoms with Crippen LogP contribution in [0.2, 0.25) is 0 Å². The lowest BCUT2D eigenvalue weighted by Gasteiger charge is -2.26. The zero-order valence-electron chi connectivity index (χ0n) is 9.09. The smallest absolute Gasteiger partial charge is 0.192 e. The molecule has 1 heterocycles. The van der Waals surface area contributed by atoms with E-state index in [2.05, 4.69) is 4.90 Å². The van der Waals surface area contributed by atoms with E-state index in [1.807, 2.05) is 0 Å². The van der Waals surface area contributed by atoms with Crippen molar-refractivity contribution in [2.24, 2.45) is 0 Å². The Balaban J connectivity index is 1.93. The SMILES string of the molecule is Fc1cccc(F)c1OCN1CCCCC1. The van der Waals surface area contributed by atoms with Gasteiger partial charge in [-0.1, -0.05) is 12.5 Å². The number of ether oxygens (including phenoxy) is 1. The zero-order chi connectivity index (χ0) is 11.4. The van der Waals surface area contributed by atoms with Crippen molar-refractivity contribution >= 4 is 0 Å². The van der Waals surface area contributed by atoms with Gasteiger partial charge in [0.15, 0.2) is 17.4 Å². The summed E-state index contributed by atoms with van der Waals surface area (Å²) in [6.45, 7) is 2.14. The number of hydrogen-bond donors (Lipinski definition) is 0. The van der Waals surface area contributed by atoms with Gasteiger partial charge in [-0.15, -0.1) is 0 Å². The van der Waals surface area contributed by atoms with E-state index in [1.165, 1.54) is 24.6 Å². The van der Waals surface area contributed by atoms with E-state index in [-0.39, 0.29) is 12.5 Å². The maximum atomic E-state index is 13.2. The van der Waals surface area contributed by atoms with Crippen molar-refractivity contribution in [1.82, 2.24) is 4.90 Å². The molecular formula is C12H15F2NO. The van der Waals surface area contributed by atoms with Crippen LogP contribution in [0, 0.1) is 11.6 Å². The van der Waals surface area contributed by atoms with Crippen LogP contribution in [0.25, 0.3) is 0 Å². The highest BCUT2D eigenvalue weighted by atomic mass is 19.1. The highest BCUT2D eigenvalue weighted by Gasteiger charge is 2.13. The zero-order valence-corrected chi connectivity index (χ0v) is 9.09. The number of nitrogens with zero attached hydrogens (tertiary/aromatic N) is 1. The van der Waals surface area contributed by atoms with Crippen LogP contribution >= 0.6 is 0 Å². The molecule has 2 nitrogen and oxygen atoms in total. The second kappa shape index (κ2) is 5.25. The predicted octanol–water partition coefficient (Wildman–Crippen LogP) is 2.79. The van der Waals surface area contributed by atoms with Crippen molar-refractivity contribution in [2.45, 2.75) is 19.3 Å². The number of halogens is 2. The molecule has 1 aromatic rings. The van der Waals surface area contributed by atoms with E-state index in [0.29, 0.717) is 0 Å². The molecule has 0 spiro atoms. The molecule has 0 saturated carbocycles. The molecule has 0 aliphatic carbocycles. The minimum Gasteiger partial charge on any atom is -0.472 e. The van der Waals surface area contributed by atoms with Crippen LogP contribution in [0.3, 0.4) is 0 Å². The van der Waals surface area contributed by atoms with Gasteiger partial charge in [-0.25, -0.2) is 8.78 Å². The van der Waals surface area contributed by atoms with Crippen molar-refractivity contribution in [1.29, 1.82) is 0 Å². The van der Waals surface area contributed by atoms with E-state index < -0.39 is 11.6 Å². The largest absolute Gasteiger partial charge is 0.472 e. The van der Waals surface area contributed by atoms with Crippen LogP contribution in [0.5, 0.6) is 5.75 Å². The molecular weight excluding hydrogens is 212 g/mol. The number of hydrogen-bond acceptors (Lipinski definition) is 2. The van der Waals surface area contributed by atoms with E-state index >= 15 is 0 Å². The van der Waals surface area contributed by atoms with E-state index in [4.69, 9.17) is 4.74 Å². The lowest BCUT2D eigenvalue weighted by atomic mass is 10.1. The molecule has 0 unspecified atom stereocenters. The van der Waals surface area contributed by atoms with Crippen molar-refractivity contribution in [2.75, 3.05) is 19.8 Å². The molecule has 4 heteroatoms. The fraction of sp³-hybridized carbons (Fsp3) is 0.500. The predicted molar refractivity (Wildman–Crippen MR) is 57.3 cm³/mol. The van der Waals surface area contributed by atoms with Crippen LogP contribution < -0.4 is 4.74 Å². The number of piperidine rings is 1. The molecule has 0 bridgehead atoms. The first-order valence-corrected chi connectivity index (χ1v) is 5.56. The van der Waals surface area contributed by atoms with E-state index in [9.17, 15) is 8.78 Å². The van der Waals surface area contributed by atoms with Crippen molar-refractivity contribution in [3.63, 3.8) is 0 Å². The first kappa shape index (κ1) is 11.3. The number of likely N-dealkylation sites (tertiary alicyclic amines) is 1. The second-order valence-electron chi connectivity index (χ2n) is 4.00. The Morgan fingerprint density at radius 1 is 1.06 bits per heavy atom. The van der Waals surface area contributed by atoms with Gasteiger partial charge in [-0.3, -0.25) is 4.90 Å². The minimum absolute atomic E-state index is 0.262. The first-order valence-electron chi connectivity index (χ1n) is 5.56. The second-order valence-corrected chi connectivity index (χ2v) is 4.00. The Hall–Kier alpha value is -1.16. The quantitative estimate of drug-likeness (QED) is 0.787.